The molecule has 0 aromatic rings. The lowest BCUT2D eigenvalue weighted by Crippen LogP contribution is -2.44. The highest BCUT2D eigenvalue weighted by Crippen LogP contribution is 2.39. The zero-order chi connectivity index (χ0) is 12.9. The number of rotatable bonds is 6. The summed E-state index contributed by atoms with van der Waals surface area (Å²) >= 11 is 0. The third-order valence-corrected chi connectivity index (χ3v) is 5.88. The van der Waals surface area contributed by atoms with Gasteiger partial charge in [-0.05, 0) is 25.7 Å². The molecule has 0 aromatic heterocycles. The molecule has 0 spiro atoms. The highest BCUT2D eigenvalue weighted by atomic mass is 32.2. The maximum Gasteiger partial charge on any atom is 0.150 e. The van der Waals surface area contributed by atoms with Gasteiger partial charge < -0.3 is 10.8 Å². The number of aliphatic hydroxyl groups excluding tert-OH is 1. The summed E-state index contributed by atoms with van der Waals surface area (Å²) in [5.41, 5.74) is 5.57. The zero-order valence-corrected chi connectivity index (χ0v) is 11.5. The molecule has 17 heavy (non-hydrogen) atoms. The minimum absolute atomic E-state index is 0.200. The zero-order valence-electron chi connectivity index (χ0n) is 10.7. The van der Waals surface area contributed by atoms with E-state index in [1.165, 1.54) is 0 Å². The Labute approximate surface area is 105 Å². The van der Waals surface area contributed by atoms with E-state index in [1.807, 2.05) is 0 Å². The van der Waals surface area contributed by atoms with Gasteiger partial charge in [-0.25, -0.2) is 8.42 Å². The van der Waals surface area contributed by atoms with Crippen LogP contribution in [-0.4, -0.2) is 37.7 Å². The summed E-state index contributed by atoms with van der Waals surface area (Å²) in [6.07, 6.45) is 4.86. The van der Waals surface area contributed by atoms with Gasteiger partial charge in [0.1, 0.15) is 9.84 Å². The molecule has 2 unspecified atom stereocenters. The van der Waals surface area contributed by atoms with Gasteiger partial charge in [0.25, 0.3) is 0 Å². The lowest BCUT2D eigenvalue weighted by atomic mass is 9.69. The van der Waals surface area contributed by atoms with Crippen molar-refractivity contribution < 1.29 is 13.5 Å². The smallest absolute Gasteiger partial charge is 0.150 e. The van der Waals surface area contributed by atoms with Gasteiger partial charge in [-0.3, -0.25) is 0 Å². The molecule has 1 rings (SSSR count). The van der Waals surface area contributed by atoms with Gasteiger partial charge >= 0.3 is 0 Å². The maximum absolute atomic E-state index is 11.4. The monoisotopic (exact) mass is 263 g/mol. The highest BCUT2D eigenvalue weighted by molar-refractivity contribution is 7.91. The maximum atomic E-state index is 11.4. The number of nitrogens with two attached hydrogens (primary N) is 1. The minimum Gasteiger partial charge on any atom is -0.393 e. The Bertz CT molecular complexity index is 329. The van der Waals surface area contributed by atoms with Gasteiger partial charge in [-0.1, -0.05) is 19.8 Å². The van der Waals surface area contributed by atoms with Crippen LogP contribution in [0, 0.1) is 5.41 Å². The van der Waals surface area contributed by atoms with Gasteiger partial charge in [0.05, 0.1) is 11.9 Å². The van der Waals surface area contributed by atoms with Crippen molar-refractivity contribution in [1.82, 2.24) is 0 Å². The third-order valence-electron chi connectivity index (χ3n) is 4.09. The fraction of sp³-hybridized carbons (Fsp3) is 1.00. The molecule has 0 aliphatic heterocycles. The van der Waals surface area contributed by atoms with E-state index in [9.17, 15) is 13.5 Å². The van der Waals surface area contributed by atoms with Crippen molar-refractivity contribution in [3.05, 3.63) is 0 Å². The van der Waals surface area contributed by atoms with Gasteiger partial charge in [-0.15, -0.1) is 0 Å². The van der Waals surface area contributed by atoms with Crippen molar-refractivity contribution in [2.75, 3.05) is 18.1 Å². The van der Waals surface area contributed by atoms with Crippen LogP contribution in [0.1, 0.15) is 45.4 Å². The van der Waals surface area contributed by atoms with Crippen LogP contribution in [0.4, 0.5) is 0 Å². The van der Waals surface area contributed by atoms with Crippen molar-refractivity contribution in [2.45, 2.75) is 51.6 Å². The van der Waals surface area contributed by atoms with Gasteiger partial charge in [0.2, 0.25) is 0 Å². The molecule has 2 atom stereocenters. The summed E-state index contributed by atoms with van der Waals surface area (Å²) in [5.74, 6) is 0.420. The van der Waals surface area contributed by atoms with Crippen LogP contribution >= 0.6 is 0 Å². The molecule has 0 amide bonds. The van der Waals surface area contributed by atoms with Crippen molar-refractivity contribution in [3.8, 4) is 0 Å². The summed E-state index contributed by atoms with van der Waals surface area (Å²) in [5, 5.41) is 10.1. The second-order valence-electron chi connectivity index (χ2n) is 5.17. The first-order valence-electron chi connectivity index (χ1n) is 6.54. The fourth-order valence-electron chi connectivity index (χ4n) is 2.71. The van der Waals surface area contributed by atoms with Crippen LogP contribution in [0.2, 0.25) is 0 Å². The minimum atomic E-state index is -2.90. The standard InChI is InChI=1S/C12H25NO3S/c1-2-17(15,16)9-5-8-12(10-13)7-4-3-6-11(12)14/h11,14H,2-10,13H2,1H3. The molecular formula is C12H25NO3S. The first-order chi connectivity index (χ1) is 7.96. The van der Waals surface area contributed by atoms with Crippen LogP contribution in [0.3, 0.4) is 0 Å². The SMILES string of the molecule is CCS(=O)(=O)CCCC1(CN)CCCCC1O. The Balaban J connectivity index is 2.52. The van der Waals surface area contributed by atoms with E-state index in [2.05, 4.69) is 0 Å². The molecule has 0 bridgehead atoms. The molecule has 4 nitrogen and oxygen atoms in total. The molecule has 5 heteroatoms. The predicted octanol–water partition coefficient (Wildman–Crippen LogP) is 1.08. The molecule has 102 valence electrons. The summed E-state index contributed by atoms with van der Waals surface area (Å²) in [6.45, 7) is 2.13. The van der Waals surface area contributed by atoms with Gasteiger partial charge in [0, 0.05) is 17.7 Å². The molecule has 1 aliphatic rings. The highest BCUT2D eigenvalue weighted by Gasteiger charge is 2.38. The average Bonchev–Trinajstić information content (AvgIpc) is 2.32. The molecular weight excluding hydrogens is 238 g/mol. The Morgan fingerprint density at radius 3 is 2.65 bits per heavy atom. The quantitative estimate of drug-likeness (QED) is 0.751. The van der Waals surface area contributed by atoms with Crippen molar-refractivity contribution in [1.29, 1.82) is 0 Å². The second kappa shape index (κ2) is 6.16. The van der Waals surface area contributed by atoms with Crippen LogP contribution in [0.15, 0.2) is 0 Å². The summed E-state index contributed by atoms with van der Waals surface area (Å²) in [4.78, 5) is 0. The van der Waals surface area contributed by atoms with Crippen LogP contribution in [0.25, 0.3) is 0 Å². The Kier molecular flexibility index (Phi) is 5.41. The first-order valence-corrected chi connectivity index (χ1v) is 8.36. The van der Waals surface area contributed by atoms with Crippen LogP contribution < -0.4 is 5.73 Å². The van der Waals surface area contributed by atoms with Crippen molar-refractivity contribution in [2.24, 2.45) is 11.1 Å². The molecule has 0 aromatic carbocycles. The lowest BCUT2D eigenvalue weighted by Gasteiger charge is -2.41. The molecule has 0 saturated heterocycles. The predicted molar refractivity (Wildman–Crippen MR) is 69.5 cm³/mol. The average molecular weight is 263 g/mol. The Morgan fingerprint density at radius 2 is 2.12 bits per heavy atom. The number of aliphatic hydroxyl groups is 1. The lowest BCUT2D eigenvalue weighted by molar-refractivity contribution is -0.0121. The Hall–Kier alpha value is -0.130. The van der Waals surface area contributed by atoms with Crippen molar-refractivity contribution >= 4 is 9.84 Å². The molecule has 3 N–H and O–H groups in total. The summed E-state index contributed by atoms with van der Waals surface area (Å²) < 4.78 is 22.8. The molecule has 0 heterocycles. The van der Waals surface area contributed by atoms with Crippen LogP contribution in [-0.2, 0) is 9.84 Å². The van der Waals surface area contributed by atoms with Crippen LogP contribution in [0.5, 0.6) is 0 Å². The van der Waals surface area contributed by atoms with E-state index in [4.69, 9.17) is 5.73 Å². The second-order valence-corrected chi connectivity index (χ2v) is 7.64. The topological polar surface area (TPSA) is 80.4 Å². The summed E-state index contributed by atoms with van der Waals surface area (Å²) in [7, 11) is -2.90. The van der Waals surface area contributed by atoms with Crippen molar-refractivity contribution in [3.63, 3.8) is 0 Å². The Morgan fingerprint density at radius 1 is 1.41 bits per heavy atom. The molecule has 1 saturated carbocycles. The largest absolute Gasteiger partial charge is 0.393 e. The molecule has 0 radical (unpaired) electrons. The van der Waals surface area contributed by atoms with E-state index in [-0.39, 0.29) is 23.0 Å². The number of hydrogen-bond donors (Lipinski definition) is 2. The van der Waals surface area contributed by atoms with Gasteiger partial charge in [0.15, 0.2) is 0 Å². The van der Waals surface area contributed by atoms with Gasteiger partial charge in [-0.2, -0.15) is 0 Å². The van der Waals surface area contributed by atoms with E-state index in [0.29, 0.717) is 13.0 Å². The van der Waals surface area contributed by atoms with E-state index >= 15 is 0 Å². The third kappa shape index (κ3) is 3.93. The van der Waals surface area contributed by atoms with E-state index < -0.39 is 9.84 Å². The number of sulfone groups is 1. The normalized spacial score (nSPS) is 30.4. The fourth-order valence-corrected chi connectivity index (χ4v) is 3.58. The molecule has 1 aliphatic carbocycles. The number of hydrogen-bond acceptors (Lipinski definition) is 4. The molecule has 1 fully saturated rings. The first kappa shape index (κ1) is 14.9. The van der Waals surface area contributed by atoms with E-state index in [1.54, 1.807) is 6.92 Å². The van der Waals surface area contributed by atoms with E-state index in [0.717, 1.165) is 32.1 Å². The summed E-state index contributed by atoms with van der Waals surface area (Å²) in [6, 6.07) is 0.